The van der Waals surface area contributed by atoms with Crippen LogP contribution < -0.4 is 5.32 Å². The average molecular weight is 270 g/mol. The highest BCUT2D eigenvalue weighted by molar-refractivity contribution is 6.29. The standard InChI is InChI=1S/C12H20ClN5/c1-3-6-18-7-4-5-10(8-18)15-12-14-9(2)11(13)16-17-12/h10H,3-8H2,1-2H3,(H,14,15,17)/t10-/m1/s1. The number of piperidine rings is 1. The van der Waals surface area contributed by atoms with E-state index in [1.165, 1.54) is 19.4 Å². The number of anilines is 1. The van der Waals surface area contributed by atoms with Gasteiger partial charge in [-0.2, -0.15) is 0 Å². The molecule has 2 rings (SSSR count). The third kappa shape index (κ3) is 3.53. The quantitative estimate of drug-likeness (QED) is 0.907. The fourth-order valence-electron chi connectivity index (χ4n) is 2.33. The molecule has 0 saturated carbocycles. The average Bonchev–Trinajstić information content (AvgIpc) is 2.35. The van der Waals surface area contributed by atoms with Gasteiger partial charge in [0.25, 0.3) is 0 Å². The second-order valence-corrected chi connectivity index (χ2v) is 5.15. The van der Waals surface area contributed by atoms with Crippen molar-refractivity contribution in [3.63, 3.8) is 0 Å². The van der Waals surface area contributed by atoms with E-state index >= 15 is 0 Å². The summed E-state index contributed by atoms with van der Waals surface area (Å²) in [5, 5.41) is 11.6. The number of halogens is 1. The van der Waals surface area contributed by atoms with Gasteiger partial charge < -0.3 is 10.2 Å². The zero-order valence-corrected chi connectivity index (χ0v) is 11.7. The van der Waals surface area contributed by atoms with Crippen LogP contribution in [0.2, 0.25) is 5.15 Å². The summed E-state index contributed by atoms with van der Waals surface area (Å²) in [6, 6.07) is 0.410. The van der Waals surface area contributed by atoms with Crippen LogP contribution in [0.5, 0.6) is 0 Å². The largest absolute Gasteiger partial charge is 0.349 e. The topological polar surface area (TPSA) is 53.9 Å². The van der Waals surface area contributed by atoms with Crippen LogP contribution >= 0.6 is 11.6 Å². The Morgan fingerprint density at radius 2 is 2.28 bits per heavy atom. The van der Waals surface area contributed by atoms with Crippen molar-refractivity contribution in [2.24, 2.45) is 0 Å². The van der Waals surface area contributed by atoms with Gasteiger partial charge in [-0.1, -0.05) is 18.5 Å². The lowest BCUT2D eigenvalue weighted by Crippen LogP contribution is -2.42. The van der Waals surface area contributed by atoms with Crippen molar-refractivity contribution < 1.29 is 0 Å². The van der Waals surface area contributed by atoms with Crippen LogP contribution in [0.15, 0.2) is 0 Å². The monoisotopic (exact) mass is 269 g/mol. The molecule has 1 fully saturated rings. The van der Waals surface area contributed by atoms with E-state index < -0.39 is 0 Å². The van der Waals surface area contributed by atoms with Crippen molar-refractivity contribution in [1.82, 2.24) is 20.1 Å². The van der Waals surface area contributed by atoms with E-state index in [9.17, 15) is 0 Å². The van der Waals surface area contributed by atoms with E-state index in [1.807, 2.05) is 6.92 Å². The van der Waals surface area contributed by atoms with Crippen LogP contribution in [-0.4, -0.2) is 45.8 Å². The Morgan fingerprint density at radius 3 is 3.00 bits per heavy atom. The SMILES string of the molecule is CCCN1CCC[C@@H](Nc2nnc(Cl)c(C)n2)C1. The highest BCUT2D eigenvalue weighted by atomic mass is 35.5. The minimum absolute atomic E-state index is 0.372. The van der Waals surface area contributed by atoms with Gasteiger partial charge >= 0.3 is 0 Å². The van der Waals surface area contributed by atoms with Gasteiger partial charge in [0, 0.05) is 12.6 Å². The molecule has 5 nitrogen and oxygen atoms in total. The minimum Gasteiger partial charge on any atom is -0.349 e. The Labute approximate surface area is 113 Å². The second kappa shape index (κ2) is 6.29. The van der Waals surface area contributed by atoms with Crippen LogP contribution in [0, 0.1) is 6.92 Å². The predicted octanol–water partition coefficient (Wildman–Crippen LogP) is 2.12. The number of hydrogen-bond acceptors (Lipinski definition) is 5. The summed E-state index contributed by atoms with van der Waals surface area (Å²) in [6.45, 7) is 7.47. The molecular formula is C12H20ClN5. The van der Waals surface area contributed by atoms with Crippen LogP contribution in [-0.2, 0) is 0 Å². The molecule has 0 unspecified atom stereocenters. The Bertz CT molecular complexity index is 396. The zero-order chi connectivity index (χ0) is 13.0. The number of hydrogen-bond donors (Lipinski definition) is 1. The van der Waals surface area contributed by atoms with Gasteiger partial charge in [-0.05, 0) is 39.3 Å². The number of likely N-dealkylation sites (tertiary alicyclic amines) is 1. The smallest absolute Gasteiger partial charge is 0.243 e. The Balaban J connectivity index is 1.93. The highest BCUT2D eigenvalue weighted by Gasteiger charge is 2.20. The minimum atomic E-state index is 0.372. The van der Waals surface area contributed by atoms with Crippen molar-refractivity contribution >= 4 is 17.5 Å². The molecule has 0 spiro atoms. The molecule has 1 aromatic rings. The predicted molar refractivity (Wildman–Crippen MR) is 72.9 cm³/mol. The lowest BCUT2D eigenvalue weighted by atomic mass is 10.1. The summed E-state index contributed by atoms with van der Waals surface area (Å²) in [5.41, 5.74) is 0.718. The van der Waals surface area contributed by atoms with E-state index in [2.05, 4.69) is 32.3 Å². The number of rotatable bonds is 4. The fraction of sp³-hybridized carbons (Fsp3) is 0.750. The molecule has 0 amide bonds. The number of nitrogens with zero attached hydrogens (tertiary/aromatic N) is 4. The van der Waals surface area contributed by atoms with Crippen molar-refractivity contribution in [3.05, 3.63) is 10.8 Å². The van der Waals surface area contributed by atoms with Crippen LogP contribution in [0.3, 0.4) is 0 Å². The molecule has 1 saturated heterocycles. The van der Waals surface area contributed by atoms with Gasteiger partial charge in [-0.15, -0.1) is 10.2 Å². The van der Waals surface area contributed by atoms with Crippen LogP contribution in [0.4, 0.5) is 5.95 Å². The van der Waals surface area contributed by atoms with Gasteiger partial charge in [0.05, 0.1) is 5.69 Å². The van der Waals surface area contributed by atoms with E-state index in [1.54, 1.807) is 0 Å². The maximum absolute atomic E-state index is 5.82. The van der Waals surface area contributed by atoms with E-state index in [-0.39, 0.29) is 0 Å². The van der Waals surface area contributed by atoms with E-state index in [0.717, 1.165) is 25.2 Å². The van der Waals surface area contributed by atoms with Crippen molar-refractivity contribution in [2.75, 3.05) is 25.0 Å². The van der Waals surface area contributed by atoms with Crippen LogP contribution in [0.25, 0.3) is 0 Å². The van der Waals surface area contributed by atoms with Crippen molar-refractivity contribution in [3.8, 4) is 0 Å². The normalized spacial score (nSPS) is 20.9. The highest BCUT2D eigenvalue weighted by Crippen LogP contribution is 2.15. The van der Waals surface area contributed by atoms with Crippen molar-refractivity contribution in [2.45, 2.75) is 39.2 Å². The molecule has 1 atom stereocenters. The second-order valence-electron chi connectivity index (χ2n) is 4.80. The molecular weight excluding hydrogens is 250 g/mol. The third-order valence-electron chi connectivity index (χ3n) is 3.18. The lowest BCUT2D eigenvalue weighted by molar-refractivity contribution is 0.216. The first-order chi connectivity index (χ1) is 8.69. The van der Waals surface area contributed by atoms with Gasteiger partial charge in [0.2, 0.25) is 5.95 Å². The Kier molecular flexibility index (Phi) is 4.72. The summed E-state index contributed by atoms with van der Waals surface area (Å²) >= 11 is 5.82. The van der Waals surface area contributed by atoms with Crippen LogP contribution in [0.1, 0.15) is 31.9 Å². The van der Waals surface area contributed by atoms with Crippen molar-refractivity contribution in [1.29, 1.82) is 0 Å². The maximum Gasteiger partial charge on any atom is 0.243 e. The summed E-state index contributed by atoms with van der Waals surface area (Å²) in [4.78, 5) is 6.79. The number of aryl methyl sites for hydroxylation is 1. The molecule has 1 aliphatic heterocycles. The summed E-state index contributed by atoms with van der Waals surface area (Å²) in [6.07, 6.45) is 3.58. The lowest BCUT2D eigenvalue weighted by Gasteiger charge is -2.32. The van der Waals surface area contributed by atoms with E-state index in [0.29, 0.717) is 17.1 Å². The first kappa shape index (κ1) is 13.5. The summed E-state index contributed by atoms with van der Waals surface area (Å²) in [7, 11) is 0. The Hall–Kier alpha value is -0.940. The summed E-state index contributed by atoms with van der Waals surface area (Å²) in [5.74, 6) is 0.584. The molecule has 0 radical (unpaired) electrons. The first-order valence-corrected chi connectivity index (χ1v) is 6.92. The van der Waals surface area contributed by atoms with Gasteiger partial charge in [-0.25, -0.2) is 4.98 Å². The fourth-order valence-corrected chi connectivity index (χ4v) is 2.41. The molecule has 0 aliphatic carbocycles. The number of aromatic nitrogens is 3. The molecule has 1 aromatic heterocycles. The van der Waals surface area contributed by atoms with Gasteiger partial charge in [0.15, 0.2) is 5.15 Å². The third-order valence-corrected chi connectivity index (χ3v) is 3.53. The molecule has 100 valence electrons. The molecule has 1 aliphatic rings. The van der Waals surface area contributed by atoms with E-state index in [4.69, 9.17) is 11.6 Å². The molecule has 1 N–H and O–H groups in total. The molecule has 6 heteroatoms. The molecule has 2 heterocycles. The zero-order valence-electron chi connectivity index (χ0n) is 11.0. The summed E-state index contributed by atoms with van der Waals surface area (Å²) < 4.78 is 0. The maximum atomic E-state index is 5.82. The van der Waals surface area contributed by atoms with Gasteiger partial charge in [0.1, 0.15) is 0 Å². The molecule has 18 heavy (non-hydrogen) atoms. The molecule has 0 bridgehead atoms. The van der Waals surface area contributed by atoms with Gasteiger partial charge in [-0.3, -0.25) is 0 Å². The number of nitrogens with one attached hydrogen (secondary N) is 1. The first-order valence-electron chi connectivity index (χ1n) is 6.54. The molecule has 0 aromatic carbocycles. The Morgan fingerprint density at radius 1 is 1.44 bits per heavy atom.